The summed E-state index contributed by atoms with van der Waals surface area (Å²) < 4.78 is 1.72. The van der Waals surface area contributed by atoms with Crippen molar-refractivity contribution in [2.45, 2.75) is 26.7 Å². The van der Waals surface area contributed by atoms with Crippen LogP contribution in [0.5, 0.6) is 0 Å². The number of pyridine rings is 1. The normalized spacial score (nSPS) is 11.1. The van der Waals surface area contributed by atoms with Crippen molar-refractivity contribution in [3.63, 3.8) is 0 Å². The van der Waals surface area contributed by atoms with E-state index in [1.54, 1.807) is 17.1 Å². The molecule has 5 heteroatoms. The first-order valence-electron chi connectivity index (χ1n) is 6.68. The lowest BCUT2D eigenvalue weighted by molar-refractivity contribution is 0.364. The minimum atomic E-state index is 0.0936. The third-order valence-corrected chi connectivity index (χ3v) is 3.17. The van der Waals surface area contributed by atoms with Crippen molar-refractivity contribution in [3.05, 3.63) is 36.8 Å². The Morgan fingerprint density at radius 2 is 2.25 bits per heavy atom. The van der Waals surface area contributed by atoms with E-state index in [-0.39, 0.29) is 5.41 Å². The zero-order valence-corrected chi connectivity index (χ0v) is 11.9. The molecular weight excluding hydrogens is 250 g/mol. The molecule has 0 atom stereocenters. The molecule has 0 saturated carbocycles. The summed E-state index contributed by atoms with van der Waals surface area (Å²) in [4.78, 5) is 4.37. The Hall–Kier alpha value is -2.35. The molecule has 0 aliphatic rings. The third-order valence-electron chi connectivity index (χ3n) is 3.17. The summed E-state index contributed by atoms with van der Waals surface area (Å²) in [5.41, 5.74) is 1.07. The number of nitrogens with zero attached hydrogens (tertiary/aromatic N) is 4. The van der Waals surface area contributed by atoms with E-state index in [2.05, 4.69) is 35.3 Å². The lowest BCUT2D eigenvalue weighted by Crippen LogP contribution is -2.23. The van der Waals surface area contributed by atoms with E-state index < -0.39 is 0 Å². The SMILES string of the molecule is CC(C)(CCC#N)CNc1ccc(-n2cccn2)nc1. The van der Waals surface area contributed by atoms with Crippen molar-refractivity contribution >= 4 is 5.69 Å². The van der Waals surface area contributed by atoms with Gasteiger partial charge in [-0.2, -0.15) is 10.4 Å². The predicted octanol–water partition coefficient (Wildman–Crippen LogP) is 3.01. The van der Waals surface area contributed by atoms with Crippen LogP contribution in [-0.2, 0) is 0 Å². The smallest absolute Gasteiger partial charge is 0.153 e. The number of aromatic nitrogens is 3. The molecule has 0 spiro atoms. The average molecular weight is 269 g/mol. The molecule has 0 radical (unpaired) electrons. The Morgan fingerprint density at radius 1 is 1.40 bits per heavy atom. The molecule has 0 saturated heterocycles. The van der Waals surface area contributed by atoms with Gasteiger partial charge in [-0.1, -0.05) is 13.8 Å². The van der Waals surface area contributed by atoms with Gasteiger partial charge < -0.3 is 5.32 Å². The van der Waals surface area contributed by atoms with Gasteiger partial charge >= 0.3 is 0 Å². The highest BCUT2D eigenvalue weighted by Crippen LogP contribution is 2.22. The zero-order chi connectivity index (χ0) is 14.4. The summed E-state index contributed by atoms with van der Waals surface area (Å²) in [6.07, 6.45) is 6.86. The van der Waals surface area contributed by atoms with Crippen LogP contribution in [0.1, 0.15) is 26.7 Å². The van der Waals surface area contributed by atoms with Crippen LogP contribution >= 0.6 is 0 Å². The standard InChI is InChI=1S/C15H19N5/c1-15(2,7-3-8-16)12-18-13-5-6-14(17-11-13)20-10-4-9-19-20/h4-6,9-11,18H,3,7,12H2,1-2H3. The first-order chi connectivity index (χ1) is 9.61. The van der Waals surface area contributed by atoms with Gasteiger partial charge in [0.2, 0.25) is 0 Å². The van der Waals surface area contributed by atoms with Gasteiger partial charge in [-0.05, 0) is 30.0 Å². The summed E-state index contributed by atoms with van der Waals surface area (Å²) in [6, 6.07) is 7.98. The Bertz CT molecular complexity index is 563. The molecule has 104 valence electrons. The quantitative estimate of drug-likeness (QED) is 0.875. The van der Waals surface area contributed by atoms with Crippen LogP contribution in [0.25, 0.3) is 5.82 Å². The van der Waals surface area contributed by atoms with Gasteiger partial charge in [0, 0.05) is 25.4 Å². The van der Waals surface area contributed by atoms with Crippen molar-refractivity contribution in [1.82, 2.24) is 14.8 Å². The maximum absolute atomic E-state index is 8.65. The molecule has 2 aromatic heterocycles. The zero-order valence-electron chi connectivity index (χ0n) is 11.9. The fourth-order valence-corrected chi connectivity index (χ4v) is 1.85. The van der Waals surface area contributed by atoms with Crippen LogP contribution in [0.2, 0.25) is 0 Å². The highest BCUT2D eigenvalue weighted by Gasteiger charge is 2.17. The molecule has 2 rings (SSSR count). The van der Waals surface area contributed by atoms with Crippen LogP contribution in [0, 0.1) is 16.7 Å². The van der Waals surface area contributed by atoms with E-state index in [9.17, 15) is 0 Å². The highest BCUT2D eigenvalue weighted by atomic mass is 15.3. The van der Waals surface area contributed by atoms with Gasteiger partial charge in [-0.15, -0.1) is 0 Å². The second-order valence-corrected chi connectivity index (χ2v) is 5.53. The number of nitriles is 1. The number of hydrogen-bond donors (Lipinski definition) is 1. The number of rotatable bonds is 6. The molecule has 0 unspecified atom stereocenters. The fraction of sp³-hybridized carbons (Fsp3) is 0.400. The Kier molecular flexibility index (Phi) is 4.36. The molecule has 5 nitrogen and oxygen atoms in total. The second kappa shape index (κ2) is 6.20. The molecule has 0 aromatic carbocycles. The van der Waals surface area contributed by atoms with Crippen LogP contribution in [0.15, 0.2) is 36.8 Å². The molecular formula is C15H19N5. The number of anilines is 1. The van der Waals surface area contributed by atoms with E-state index in [0.717, 1.165) is 24.5 Å². The maximum atomic E-state index is 8.65. The molecule has 2 aromatic rings. The second-order valence-electron chi connectivity index (χ2n) is 5.53. The lowest BCUT2D eigenvalue weighted by Gasteiger charge is -2.24. The third kappa shape index (κ3) is 3.82. The molecule has 20 heavy (non-hydrogen) atoms. The molecule has 0 aliphatic heterocycles. The van der Waals surface area contributed by atoms with Crippen molar-refractivity contribution in [2.75, 3.05) is 11.9 Å². The van der Waals surface area contributed by atoms with E-state index in [1.807, 2.05) is 24.4 Å². The molecule has 0 aliphatic carbocycles. The van der Waals surface area contributed by atoms with E-state index >= 15 is 0 Å². The van der Waals surface area contributed by atoms with E-state index in [0.29, 0.717) is 6.42 Å². The molecule has 2 heterocycles. The van der Waals surface area contributed by atoms with Crippen LogP contribution in [0.4, 0.5) is 5.69 Å². The van der Waals surface area contributed by atoms with Crippen molar-refractivity contribution < 1.29 is 0 Å². The molecule has 0 bridgehead atoms. The summed E-state index contributed by atoms with van der Waals surface area (Å²) in [7, 11) is 0. The van der Waals surface area contributed by atoms with Gasteiger partial charge in [-0.25, -0.2) is 9.67 Å². The van der Waals surface area contributed by atoms with Crippen LogP contribution in [-0.4, -0.2) is 21.3 Å². The van der Waals surface area contributed by atoms with Gasteiger partial charge in [0.25, 0.3) is 0 Å². The maximum Gasteiger partial charge on any atom is 0.153 e. The molecule has 0 fully saturated rings. The minimum Gasteiger partial charge on any atom is -0.383 e. The Balaban J connectivity index is 1.93. The summed E-state index contributed by atoms with van der Waals surface area (Å²) >= 11 is 0. The molecule has 0 amide bonds. The molecule has 1 N–H and O–H groups in total. The first kappa shape index (κ1) is 14.1. The van der Waals surface area contributed by atoms with Gasteiger partial charge in [0.15, 0.2) is 5.82 Å². The number of hydrogen-bond acceptors (Lipinski definition) is 4. The van der Waals surface area contributed by atoms with Crippen LogP contribution in [0.3, 0.4) is 0 Å². The van der Waals surface area contributed by atoms with Crippen molar-refractivity contribution in [1.29, 1.82) is 5.26 Å². The monoisotopic (exact) mass is 269 g/mol. The summed E-state index contributed by atoms with van der Waals surface area (Å²) in [6.45, 7) is 5.13. The average Bonchev–Trinajstić information content (AvgIpc) is 2.98. The highest BCUT2D eigenvalue weighted by molar-refractivity contribution is 5.43. The van der Waals surface area contributed by atoms with Gasteiger partial charge in [-0.3, -0.25) is 0 Å². The summed E-state index contributed by atoms with van der Waals surface area (Å²) in [5, 5.41) is 16.2. The summed E-state index contributed by atoms with van der Waals surface area (Å²) in [5.74, 6) is 0.796. The van der Waals surface area contributed by atoms with Crippen LogP contribution < -0.4 is 5.32 Å². The lowest BCUT2D eigenvalue weighted by atomic mass is 9.88. The predicted molar refractivity (Wildman–Crippen MR) is 78.5 cm³/mol. The minimum absolute atomic E-state index is 0.0936. The van der Waals surface area contributed by atoms with Crippen molar-refractivity contribution in [3.8, 4) is 11.9 Å². The van der Waals surface area contributed by atoms with E-state index in [4.69, 9.17) is 5.26 Å². The topological polar surface area (TPSA) is 66.5 Å². The van der Waals surface area contributed by atoms with Crippen molar-refractivity contribution in [2.24, 2.45) is 5.41 Å². The van der Waals surface area contributed by atoms with Gasteiger partial charge in [0.1, 0.15) is 0 Å². The Morgan fingerprint density at radius 3 is 2.85 bits per heavy atom. The Labute approximate surface area is 119 Å². The first-order valence-corrected chi connectivity index (χ1v) is 6.68. The fourth-order valence-electron chi connectivity index (χ4n) is 1.85. The number of nitrogens with one attached hydrogen (secondary N) is 1. The van der Waals surface area contributed by atoms with E-state index in [1.165, 1.54) is 0 Å². The van der Waals surface area contributed by atoms with Gasteiger partial charge in [0.05, 0.1) is 18.0 Å². The largest absolute Gasteiger partial charge is 0.383 e.